The van der Waals surface area contributed by atoms with Gasteiger partial charge in [-0.25, -0.2) is 0 Å². The molecule has 1 unspecified atom stereocenters. The molecule has 0 saturated heterocycles. The van der Waals surface area contributed by atoms with E-state index in [-0.39, 0.29) is 11.7 Å². The highest BCUT2D eigenvalue weighted by Gasteiger charge is 2.15. The molecule has 0 aliphatic rings. The van der Waals surface area contributed by atoms with Gasteiger partial charge < -0.3 is 0 Å². The van der Waals surface area contributed by atoms with Crippen LogP contribution in [0.15, 0.2) is 18.5 Å². The molecule has 1 rings (SSSR count). The molecule has 82 valence electrons. The first-order valence-corrected chi connectivity index (χ1v) is 5.71. The number of rotatable bonds is 5. The Kier molecular flexibility index (Phi) is 5.06. The van der Waals surface area contributed by atoms with Crippen molar-refractivity contribution in [1.29, 1.82) is 0 Å². The van der Waals surface area contributed by atoms with E-state index in [2.05, 4.69) is 4.98 Å². The van der Waals surface area contributed by atoms with Crippen molar-refractivity contribution in [2.45, 2.75) is 19.8 Å². The monoisotopic (exact) mass is 245 g/mol. The lowest BCUT2D eigenvalue weighted by atomic mass is 9.94. The van der Waals surface area contributed by atoms with Crippen LogP contribution in [0.4, 0.5) is 0 Å². The lowest BCUT2D eigenvalue weighted by Gasteiger charge is -2.12. The molecule has 0 amide bonds. The van der Waals surface area contributed by atoms with E-state index in [0.717, 1.165) is 5.56 Å². The van der Waals surface area contributed by atoms with Crippen LogP contribution in [-0.4, -0.2) is 16.6 Å². The highest BCUT2D eigenvalue weighted by atomic mass is 35.5. The van der Waals surface area contributed by atoms with Crippen LogP contribution in [0.2, 0.25) is 5.02 Å². The van der Waals surface area contributed by atoms with Crippen LogP contribution >= 0.6 is 23.2 Å². The van der Waals surface area contributed by atoms with E-state index in [1.807, 2.05) is 6.07 Å². The van der Waals surface area contributed by atoms with E-state index in [1.165, 1.54) is 0 Å². The number of carbonyl (C=O) groups is 1. The Labute approximate surface area is 99.6 Å². The van der Waals surface area contributed by atoms with Gasteiger partial charge in [-0.1, -0.05) is 11.6 Å². The summed E-state index contributed by atoms with van der Waals surface area (Å²) in [4.78, 5) is 15.2. The maximum Gasteiger partial charge on any atom is 0.133 e. The number of Topliss-reactive ketones (excluding diaryl/α,β-unsaturated/α-hetero) is 1. The van der Waals surface area contributed by atoms with Gasteiger partial charge in [0, 0.05) is 24.2 Å². The number of ketones is 1. The fourth-order valence-electron chi connectivity index (χ4n) is 1.42. The fourth-order valence-corrected chi connectivity index (χ4v) is 1.88. The molecule has 0 spiro atoms. The Balaban J connectivity index is 2.74. The molecule has 0 fully saturated rings. The molecule has 0 bridgehead atoms. The topological polar surface area (TPSA) is 30.0 Å². The smallest absolute Gasteiger partial charge is 0.133 e. The maximum absolute atomic E-state index is 11.3. The second-order valence-corrected chi connectivity index (χ2v) is 4.24. The Morgan fingerprint density at radius 3 is 2.87 bits per heavy atom. The summed E-state index contributed by atoms with van der Waals surface area (Å²) in [7, 11) is 0. The summed E-state index contributed by atoms with van der Waals surface area (Å²) in [5.41, 5.74) is 0.956. The highest BCUT2D eigenvalue weighted by molar-refractivity contribution is 6.31. The summed E-state index contributed by atoms with van der Waals surface area (Å²) < 4.78 is 0. The summed E-state index contributed by atoms with van der Waals surface area (Å²) in [6.45, 7) is 1.59. The van der Waals surface area contributed by atoms with E-state index >= 15 is 0 Å². The zero-order valence-electron chi connectivity index (χ0n) is 8.54. The van der Waals surface area contributed by atoms with Gasteiger partial charge in [0.1, 0.15) is 5.78 Å². The minimum absolute atomic E-state index is 0.0394. The number of nitrogens with zero attached hydrogens (tertiary/aromatic N) is 1. The van der Waals surface area contributed by atoms with Crippen LogP contribution in [0.3, 0.4) is 0 Å². The lowest BCUT2D eigenvalue weighted by Crippen LogP contribution is -2.14. The average Bonchev–Trinajstić information content (AvgIpc) is 2.20. The predicted molar refractivity (Wildman–Crippen MR) is 62.5 cm³/mol. The molecule has 0 aliphatic carbocycles. The van der Waals surface area contributed by atoms with Gasteiger partial charge in [-0.05, 0) is 31.4 Å². The summed E-state index contributed by atoms with van der Waals surface area (Å²) >= 11 is 11.6. The number of aromatic nitrogens is 1. The number of pyridine rings is 1. The number of hydrogen-bond acceptors (Lipinski definition) is 2. The zero-order chi connectivity index (χ0) is 11.3. The predicted octanol–water partition coefficient (Wildman–Crippen LogP) is 3.11. The van der Waals surface area contributed by atoms with E-state index in [9.17, 15) is 4.79 Å². The summed E-state index contributed by atoms with van der Waals surface area (Å²) in [6.07, 6.45) is 4.60. The van der Waals surface area contributed by atoms with Crippen molar-refractivity contribution in [3.05, 3.63) is 29.0 Å². The quantitative estimate of drug-likeness (QED) is 0.747. The van der Waals surface area contributed by atoms with Gasteiger partial charge in [-0.2, -0.15) is 0 Å². The molecular formula is C11H13Cl2NO. The molecule has 1 aromatic heterocycles. The second-order valence-electron chi connectivity index (χ2n) is 3.46. The number of alkyl halides is 1. The standard InChI is InChI=1S/C11H13Cl2NO/c1-8(15)9(2-4-12)6-10-3-5-14-7-11(10)13/h3,5,7,9H,2,4,6H2,1H3. The Bertz CT molecular complexity index is 341. The Morgan fingerprint density at radius 1 is 1.60 bits per heavy atom. The lowest BCUT2D eigenvalue weighted by molar-refractivity contribution is -0.120. The van der Waals surface area contributed by atoms with Gasteiger partial charge in [0.15, 0.2) is 0 Å². The Morgan fingerprint density at radius 2 is 2.33 bits per heavy atom. The van der Waals surface area contributed by atoms with Crippen molar-refractivity contribution in [3.8, 4) is 0 Å². The van der Waals surface area contributed by atoms with Crippen molar-refractivity contribution in [3.63, 3.8) is 0 Å². The molecule has 0 saturated carbocycles. The number of halogens is 2. The van der Waals surface area contributed by atoms with Crippen molar-refractivity contribution < 1.29 is 4.79 Å². The second kappa shape index (κ2) is 6.09. The Hall–Kier alpha value is -0.600. The number of carbonyl (C=O) groups excluding carboxylic acids is 1. The summed E-state index contributed by atoms with van der Waals surface area (Å²) in [6, 6.07) is 1.84. The molecule has 0 aromatic carbocycles. The highest BCUT2D eigenvalue weighted by Crippen LogP contribution is 2.20. The van der Waals surface area contributed by atoms with Gasteiger partial charge in [-0.15, -0.1) is 11.6 Å². The molecule has 4 heteroatoms. The molecule has 15 heavy (non-hydrogen) atoms. The van der Waals surface area contributed by atoms with Crippen LogP contribution in [0, 0.1) is 5.92 Å². The van der Waals surface area contributed by atoms with Gasteiger partial charge in [0.25, 0.3) is 0 Å². The molecule has 0 N–H and O–H groups in total. The molecule has 1 aromatic rings. The van der Waals surface area contributed by atoms with Crippen LogP contribution in [0.25, 0.3) is 0 Å². The minimum atomic E-state index is -0.0394. The van der Waals surface area contributed by atoms with Gasteiger partial charge in [0.2, 0.25) is 0 Å². The summed E-state index contributed by atoms with van der Waals surface area (Å²) in [5, 5.41) is 0.610. The van der Waals surface area contributed by atoms with E-state index in [0.29, 0.717) is 23.7 Å². The van der Waals surface area contributed by atoms with Gasteiger partial charge >= 0.3 is 0 Å². The van der Waals surface area contributed by atoms with Crippen molar-refractivity contribution >= 4 is 29.0 Å². The largest absolute Gasteiger partial charge is 0.300 e. The summed E-state index contributed by atoms with van der Waals surface area (Å²) in [5.74, 6) is 0.610. The van der Waals surface area contributed by atoms with E-state index in [4.69, 9.17) is 23.2 Å². The number of hydrogen-bond donors (Lipinski definition) is 0. The first kappa shape index (κ1) is 12.5. The van der Waals surface area contributed by atoms with Crippen molar-refractivity contribution in [2.75, 3.05) is 5.88 Å². The molecule has 2 nitrogen and oxygen atoms in total. The third-order valence-electron chi connectivity index (χ3n) is 2.36. The molecule has 0 aliphatic heterocycles. The zero-order valence-corrected chi connectivity index (χ0v) is 10.1. The third-order valence-corrected chi connectivity index (χ3v) is 2.91. The van der Waals surface area contributed by atoms with Crippen LogP contribution in [0.1, 0.15) is 18.9 Å². The SMILES string of the molecule is CC(=O)C(CCCl)Cc1ccncc1Cl. The van der Waals surface area contributed by atoms with Gasteiger partial charge in [0.05, 0.1) is 5.02 Å². The third kappa shape index (κ3) is 3.80. The fraction of sp³-hybridized carbons (Fsp3) is 0.455. The minimum Gasteiger partial charge on any atom is -0.300 e. The van der Waals surface area contributed by atoms with Crippen LogP contribution in [0.5, 0.6) is 0 Å². The van der Waals surface area contributed by atoms with Crippen LogP contribution < -0.4 is 0 Å². The van der Waals surface area contributed by atoms with Crippen molar-refractivity contribution in [1.82, 2.24) is 4.98 Å². The maximum atomic E-state index is 11.3. The normalized spacial score (nSPS) is 12.5. The average molecular weight is 246 g/mol. The first-order valence-electron chi connectivity index (χ1n) is 4.80. The molecule has 0 radical (unpaired) electrons. The van der Waals surface area contributed by atoms with E-state index in [1.54, 1.807) is 19.3 Å². The van der Waals surface area contributed by atoms with E-state index < -0.39 is 0 Å². The van der Waals surface area contributed by atoms with Crippen molar-refractivity contribution in [2.24, 2.45) is 5.92 Å². The van der Waals surface area contributed by atoms with Crippen LogP contribution in [-0.2, 0) is 11.2 Å². The molecule has 1 atom stereocenters. The van der Waals surface area contributed by atoms with Gasteiger partial charge in [-0.3, -0.25) is 9.78 Å². The molecular weight excluding hydrogens is 233 g/mol. The first-order chi connectivity index (χ1) is 7.15. The molecule has 1 heterocycles.